The number of fused-ring (bicyclic) bond motifs is 1. The van der Waals surface area contributed by atoms with E-state index in [0.29, 0.717) is 16.9 Å². The van der Waals surface area contributed by atoms with Gasteiger partial charge in [-0.15, -0.1) is 15.3 Å². The minimum atomic E-state index is -4.60. The van der Waals surface area contributed by atoms with Gasteiger partial charge in [0.25, 0.3) is 5.82 Å². The molecule has 0 amide bonds. The van der Waals surface area contributed by atoms with E-state index in [1.54, 1.807) is 13.2 Å². The topological polar surface area (TPSA) is 64.3 Å². The van der Waals surface area contributed by atoms with Crippen LogP contribution in [0.25, 0.3) is 5.65 Å². The fraction of sp³-hybridized carbons (Fsp3) is 0.312. The molecule has 0 unspecified atom stereocenters. The van der Waals surface area contributed by atoms with Crippen LogP contribution in [0.4, 0.5) is 19.0 Å². The highest BCUT2D eigenvalue weighted by atomic mass is 19.4. The highest BCUT2D eigenvalue weighted by Gasteiger charge is 2.37. The zero-order valence-electron chi connectivity index (χ0n) is 13.4. The Morgan fingerprint density at radius 3 is 2.52 bits per heavy atom. The van der Waals surface area contributed by atoms with Crippen LogP contribution in [0, 0.1) is 0 Å². The van der Waals surface area contributed by atoms with E-state index in [1.807, 2.05) is 24.3 Å². The molecule has 0 spiro atoms. The fourth-order valence-electron chi connectivity index (χ4n) is 2.36. The fourth-order valence-corrected chi connectivity index (χ4v) is 2.36. The zero-order valence-corrected chi connectivity index (χ0v) is 13.4. The Morgan fingerprint density at radius 2 is 1.84 bits per heavy atom. The number of halogens is 3. The van der Waals surface area contributed by atoms with E-state index in [1.165, 1.54) is 6.07 Å². The summed E-state index contributed by atoms with van der Waals surface area (Å²) < 4.78 is 44.3. The minimum absolute atomic E-state index is 0.0520. The maximum absolute atomic E-state index is 12.8. The number of methoxy groups -OCH3 is 1. The Hall–Kier alpha value is -2.84. The number of aromatic nitrogens is 4. The molecule has 6 nitrogen and oxygen atoms in total. The standard InChI is InChI=1S/C16H16F3N5O/c1-25-12-6-4-11(5-7-12)3-2-10-20-13-8-9-14-21-22-15(16(17,18)19)24(14)23-13/h4-9H,2-3,10H2,1H3,(H,20,23). The first kappa shape index (κ1) is 17.0. The average molecular weight is 351 g/mol. The van der Waals surface area contributed by atoms with Crippen molar-refractivity contribution in [2.45, 2.75) is 19.0 Å². The highest BCUT2D eigenvalue weighted by Crippen LogP contribution is 2.27. The first-order valence-electron chi connectivity index (χ1n) is 7.64. The summed E-state index contributed by atoms with van der Waals surface area (Å²) in [5.74, 6) is 0.00528. The van der Waals surface area contributed by atoms with Gasteiger partial charge in [0.1, 0.15) is 11.6 Å². The molecule has 0 fully saturated rings. The molecule has 0 atom stereocenters. The average Bonchev–Trinajstić information content (AvgIpc) is 3.03. The normalized spacial score (nSPS) is 11.7. The molecule has 1 N–H and O–H groups in total. The third-order valence-electron chi connectivity index (χ3n) is 3.62. The summed E-state index contributed by atoms with van der Waals surface area (Å²) in [4.78, 5) is 0. The first-order valence-corrected chi connectivity index (χ1v) is 7.64. The molecule has 0 saturated carbocycles. The van der Waals surface area contributed by atoms with E-state index in [0.717, 1.165) is 24.2 Å². The van der Waals surface area contributed by atoms with Gasteiger partial charge in [0.15, 0.2) is 5.65 Å². The predicted octanol–water partition coefficient (Wildman–Crippen LogP) is 3.20. The van der Waals surface area contributed by atoms with E-state index >= 15 is 0 Å². The molecular weight excluding hydrogens is 335 g/mol. The molecule has 3 aromatic rings. The third kappa shape index (κ3) is 3.98. The number of hydrogen-bond donors (Lipinski definition) is 1. The Labute approximate surface area is 141 Å². The van der Waals surface area contributed by atoms with Crippen molar-refractivity contribution in [3.63, 3.8) is 0 Å². The van der Waals surface area contributed by atoms with Crippen molar-refractivity contribution in [1.82, 2.24) is 19.8 Å². The summed E-state index contributed by atoms with van der Waals surface area (Å²) in [7, 11) is 1.61. The van der Waals surface area contributed by atoms with E-state index in [2.05, 4.69) is 20.6 Å². The van der Waals surface area contributed by atoms with Gasteiger partial charge in [-0.05, 0) is 42.7 Å². The van der Waals surface area contributed by atoms with Crippen molar-refractivity contribution in [2.75, 3.05) is 19.0 Å². The van der Waals surface area contributed by atoms with Gasteiger partial charge in [-0.3, -0.25) is 0 Å². The molecule has 1 aromatic carbocycles. The molecule has 9 heteroatoms. The van der Waals surface area contributed by atoms with E-state index in [4.69, 9.17) is 4.74 Å². The Kier molecular flexibility index (Phi) is 4.73. The van der Waals surface area contributed by atoms with Gasteiger partial charge in [0.2, 0.25) is 0 Å². The van der Waals surface area contributed by atoms with Crippen LogP contribution in [-0.2, 0) is 12.6 Å². The molecule has 3 rings (SSSR count). The van der Waals surface area contributed by atoms with Crippen LogP contribution >= 0.6 is 0 Å². The smallest absolute Gasteiger partial charge is 0.453 e. The summed E-state index contributed by atoms with van der Waals surface area (Å²) in [6, 6.07) is 10.8. The lowest BCUT2D eigenvalue weighted by Gasteiger charge is -2.08. The van der Waals surface area contributed by atoms with Crippen molar-refractivity contribution in [1.29, 1.82) is 0 Å². The second-order valence-electron chi connectivity index (χ2n) is 5.39. The molecule has 132 valence electrons. The predicted molar refractivity (Wildman–Crippen MR) is 85.6 cm³/mol. The van der Waals surface area contributed by atoms with Gasteiger partial charge >= 0.3 is 6.18 Å². The van der Waals surface area contributed by atoms with Crippen molar-refractivity contribution in [3.8, 4) is 5.75 Å². The van der Waals surface area contributed by atoms with Crippen molar-refractivity contribution in [2.24, 2.45) is 0 Å². The van der Waals surface area contributed by atoms with Crippen molar-refractivity contribution < 1.29 is 17.9 Å². The Balaban J connectivity index is 1.59. The van der Waals surface area contributed by atoms with Crippen LogP contribution in [0.5, 0.6) is 5.75 Å². The number of nitrogens with zero attached hydrogens (tertiary/aromatic N) is 4. The second-order valence-corrected chi connectivity index (χ2v) is 5.39. The SMILES string of the molecule is COc1ccc(CCCNc2ccc3nnc(C(F)(F)F)n3n2)cc1. The van der Waals surface area contributed by atoms with E-state index in [9.17, 15) is 13.2 Å². The number of nitrogens with one attached hydrogen (secondary N) is 1. The molecule has 0 radical (unpaired) electrons. The van der Waals surface area contributed by atoms with Crippen molar-refractivity contribution >= 4 is 11.5 Å². The van der Waals surface area contributed by atoms with Crippen LogP contribution in [0.2, 0.25) is 0 Å². The molecule has 0 bridgehead atoms. The van der Waals surface area contributed by atoms with Gasteiger partial charge in [0, 0.05) is 6.54 Å². The molecule has 2 heterocycles. The molecule has 0 aliphatic heterocycles. The maximum atomic E-state index is 12.8. The van der Waals surface area contributed by atoms with Crippen LogP contribution in [0.3, 0.4) is 0 Å². The monoisotopic (exact) mass is 351 g/mol. The summed E-state index contributed by atoms with van der Waals surface area (Å²) in [6.07, 6.45) is -2.96. The van der Waals surface area contributed by atoms with Crippen LogP contribution in [0.15, 0.2) is 36.4 Å². The Morgan fingerprint density at radius 1 is 1.08 bits per heavy atom. The van der Waals surface area contributed by atoms with Gasteiger partial charge in [-0.25, -0.2) is 0 Å². The number of alkyl halides is 3. The lowest BCUT2D eigenvalue weighted by atomic mass is 10.1. The molecule has 0 saturated heterocycles. The molecule has 0 aliphatic carbocycles. The summed E-state index contributed by atoms with van der Waals surface area (Å²) in [6.45, 7) is 0.577. The molecule has 2 aromatic heterocycles. The summed E-state index contributed by atoms with van der Waals surface area (Å²) >= 11 is 0. The third-order valence-corrected chi connectivity index (χ3v) is 3.62. The zero-order chi connectivity index (χ0) is 17.9. The number of hydrogen-bond acceptors (Lipinski definition) is 5. The van der Waals surface area contributed by atoms with E-state index < -0.39 is 12.0 Å². The van der Waals surface area contributed by atoms with Crippen LogP contribution < -0.4 is 10.1 Å². The largest absolute Gasteiger partial charge is 0.497 e. The summed E-state index contributed by atoms with van der Waals surface area (Å²) in [5.41, 5.74) is 1.21. The van der Waals surface area contributed by atoms with E-state index in [-0.39, 0.29) is 5.65 Å². The Bertz CT molecular complexity index is 845. The maximum Gasteiger partial charge on any atom is 0.453 e. The number of benzene rings is 1. The van der Waals surface area contributed by atoms with Crippen LogP contribution in [-0.4, -0.2) is 33.5 Å². The number of ether oxygens (including phenoxy) is 1. The summed E-state index contributed by atoms with van der Waals surface area (Å²) in [5, 5.41) is 13.5. The second kappa shape index (κ2) is 6.96. The van der Waals surface area contributed by atoms with Crippen LogP contribution in [0.1, 0.15) is 17.8 Å². The number of anilines is 1. The van der Waals surface area contributed by atoms with Gasteiger partial charge < -0.3 is 10.1 Å². The molecular formula is C16H16F3N5O. The van der Waals surface area contributed by atoms with Gasteiger partial charge in [-0.1, -0.05) is 12.1 Å². The first-order chi connectivity index (χ1) is 12.0. The number of aryl methyl sites for hydroxylation is 1. The quantitative estimate of drug-likeness (QED) is 0.691. The molecule has 0 aliphatic rings. The molecule has 25 heavy (non-hydrogen) atoms. The van der Waals surface area contributed by atoms with Gasteiger partial charge in [0.05, 0.1) is 7.11 Å². The highest BCUT2D eigenvalue weighted by molar-refractivity contribution is 5.44. The number of rotatable bonds is 6. The minimum Gasteiger partial charge on any atom is -0.497 e. The van der Waals surface area contributed by atoms with Crippen molar-refractivity contribution in [3.05, 3.63) is 47.8 Å². The lowest BCUT2D eigenvalue weighted by molar-refractivity contribution is -0.146. The lowest BCUT2D eigenvalue weighted by Crippen LogP contribution is -2.14. The van der Waals surface area contributed by atoms with Gasteiger partial charge in [-0.2, -0.15) is 17.7 Å².